The topological polar surface area (TPSA) is 75.6 Å². The van der Waals surface area contributed by atoms with Crippen molar-refractivity contribution >= 4 is 24.8 Å². The second kappa shape index (κ2) is 4.69. The van der Waals surface area contributed by atoms with E-state index in [9.17, 15) is 14.6 Å². The summed E-state index contributed by atoms with van der Waals surface area (Å²) in [6.07, 6.45) is 0.656. The summed E-state index contributed by atoms with van der Waals surface area (Å²) in [5, 5.41) is 12.0. The van der Waals surface area contributed by atoms with Crippen LogP contribution in [0, 0.1) is 0 Å². The summed E-state index contributed by atoms with van der Waals surface area (Å²) in [4.78, 5) is 22.2. The molecule has 17 heavy (non-hydrogen) atoms. The van der Waals surface area contributed by atoms with E-state index in [2.05, 4.69) is 5.32 Å². The van der Waals surface area contributed by atoms with Gasteiger partial charge in [-0.15, -0.1) is 0 Å². The number of carbonyl (C=O) groups excluding carboxylic acids is 2. The van der Waals surface area contributed by atoms with Crippen molar-refractivity contribution in [3.63, 3.8) is 0 Å². The molecular weight excluding hydrogens is 221 g/mol. The SMILES string of the molecule is CC(C=O)NC(=O)c1ccc2c(c1)B(O)OC2. The minimum atomic E-state index is -0.971. The van der Waals surface area contributed by atoms with E-state index in [0.29, 0.717) is 23.9 Å². The van der Waals surface area contributed by atoms with Gasteiger partial charge in [0.25, 0.3) is 5.91 Å². The van der Waals surface area contributed by atoms with Gasteiger partial charge in [-0.25, -0.2) is 0 Å². The van der Waals surface area contributed by atoms with Crippen molar-refractivity contribution in [2.75, 3.05) is 0 Å². The smallest absolute Gasteiger partial charge is 0.423 e. The summed E-state index contributed by atoms with van der Waals surface area (Å²) in [5.41, 5.74) is 1.89. The molecule has 1 unspecified atom stereocenters. The molecule has 1 amide bonds. The highest BCUT2D eigenvalue weighted by atomic mass is 16.5. The molecule has 5 nitrogen and oxygen atoms in total. The molecule has 0 aromatic heterocycles. The number of fused-ring (bicyclic) bond motifs is 1. The Morgan fingerprint density at radius 1 is 1.65 bits per heavy atom. The molecule has 0 aliphatic carbocycles. The molecule has 1 aliphatic rings. The van der Waals surface area contributed by atoms with Crippen LogP contribution >= 0.6 is 0 Å². The molecule has 1 aromatic carbocycles. The molecule has 1 atom stereocenters. The first-order valence-electron chi connectivity index (χ1n) is 5.30. The zero-order chi connectivity index (χ0) is 12.4. The van der Waals surface area contributed by atoms with Crippen molar-refractivity contribution in [3.05, 3.63) is 29.3 Å². The number of hydrogen-bond acceptors (Lipinski definition) is 4. The maximum atomic E-state index is 11.7. The lowest BCUT2D eigenvalue weighted by molar-refractivity contribution is -0.109. The summed E-state index contributed by atoms with van der Waals surface area (Å²) in [6.45, 7) is 1.94. The van der Waals surface area contributed by atoms with Gasteiger partial charge in [0.2, 0.25) is 0 Å². The molecule has 1 heterocycles. The molecule has 0 fully saturated rings. The highest BCUT2D eigenvalue weighted by Crippen LogP contribution is 2.11. The second-order valence-corrected chi connectivity index (χ2v) is 3.98. The largest absolute Gasteiger partial charge is 0.491 e. The van der Waals surface area contributed by atoms with Gasteiger partial charge in [-0.05, 0) is 30.1 Å². The minimum absolute atomic E-state index is 0.341. The average molecular weight is 233 g/mol. The van der Waals surface area contributed by atoms with Crippen LogP contribution < -0.4 is 10.8 Å². The monoisotopic (exact) mass is 233 g/mol. The molecule has 0 spiro atoms. The molecule has 88 valence electrons. The lowest BCUT2D eigenvalue weighted by Gasteiger charge is -2.08. The van der Waals surface area contributed by atoms with E-state index in [1.165, 1.54) is 0 Å². The van der Waals surface area contributed by atoms with Gasteiger partial charge in [0.05, 0.1) is 12.6 Å². The summed E-state index contributed by atoms with van der Waals surface area (Å²) >= 11 is 0. The van der Waals surface area contributed by atoms with Gasteiger partial charge in [-0.1, -0.05) is 6.07 Å². The first-order valence-corrected chi connectivity index (χ1v) is 5.30. The van der Waals surface area contributed by atoms with Crippen LogP contribution in [0.5, 0.6) is 0 Å². The van der Waals surface area contributed by atoms with E-state index in [1.54, 1.807) is 25.1 Å². The Labute approximate surface area is 98.9 Å². The van der Waals surface area contributed by atoms with Gasteiger partial charge in [0, 0.05) is 5.56 Å². The Bertz CT molecular complexity index is 463. The molecule has 2 rings (SSSR count). The Hall–Kier alpha value is -1.66. The zero-order valence-corrected chi connectivity index (χ0v) is 9.34. The number of hydrogen-bond donors (Lipinski definition) is 2. The third kappa shape index (κ3) is 2.37. The van der Waals surface area contributed by atoms with Crippen molar-refractivity contribution in [1.29, 1.82) is 0 Å². The van der Waals surface area contributed by atoms with Crippen LogP contribution in [0.4, 0.5) is 0 Å². The zero-order valence-electron chi connectivity index (χ0n) is 9.34. The number of aldehydes is 1. The van der Waals surface area contributed by atoms with Crippen LogP contribution in [0.1, 0.15) is 22.8 Å². The number of amides is 1. The lowest BCUT2D eigenvalue weighted by Crippen LogP contribution is -2.35. The average Bonchev–Trinajstić information content (AvgIpc) is 2.70. The van der Waals surface area contributed by atoms with Crippen molar-refractivity contribution < 1.29 is 19.3 Å². The third-order valence-electron chi connectivity index (χ3n) is 2.63. The van der Waals surface area contributed by atoms with Gasteiger partial charge < -0.3 is 19.8 Å². The molecule has 1 aromatic rings. The fourth-order valence-corrected chi connectivity index (χ4v) is 1.68. The normalized spacial score (nSPS) is 15.3. The van der Waals surface area contributed by atoms with Gasteiger partial charge in [0.15, 0.2) is 0 Å². The third-order valence-corrected chi connectivity index (χ3v) is 2.63. The van der Waals surface area contributed by atoms with Crippen LogP contribution in [-0.2, 0) is 16.1 Å². The summed E-state index contributed by atoms with van der Waals surface area (Å²) < 4.78 is 5.03. The fraction of sp³-hybridized carbons (Fsp3) is 0.273. The van der Waals surface area contributed by atoms with E-state index >= 15 is 0 Å². The van der Waals surface area contributed by atoms with Crippen molar-refractivity contribution in [2.24, 2.45) is 0 Å². The second-order valence-electron chi connectivity index (χ2n) is 3.98. The van der Waals surface area contributed by atoms with Gasteiger partial charge in [0.1, 0.15) is 6.29 Å². The first kappa shape index (κ1) is 11.8. The predicted molar refractivity (Wildman–Crippen MR) is 61.8 cm³/mol. The summed E-state index contributed by atoms with van der Waals surface area (Å²) in [6, 6.07) is 4.44. The fourth-order valence-electron chi connectivity index (χ4n) is 1.68. The Balaban J connectivity index is 2.20. The quantitative estimate of drug-likeness (QED) is 0.530. The molecule has 0 bridgehead atoms. The van der Waals surface area contributed by atoms with Gasteiger partial charge in [-0.3, -0.25) is 4.79 Å². The number of benzene rings is 1. The van der Waals surface area contributed by atoms with Crippen LogP contribution in [0.3, 0.4) is 0 Å². The first-order chi connectivity index (χ1) is 8.11. The standard InChI is InChI=1S/C11H12BNO4/c1-7(5-14)13-11(15)8-2-3-9-6-17-12(16)10(9)4-8/h2-5,7,16H,6H2,1H3,(H,13,15). The van der Waals surface area contributed by atoms with Crippen LogP contribution in [0.25, 0.3) is 0 Å². The predicted octanol–water partition coefficient (Wildman–Crippen LogP) is -0.779. The van der Waals surface area contributed by atoms with Crippen LogP contribution in [0.2, 0.25) is 0 Å². The molecule has 6 heteroatoms. The summed E-state index contributed by atoms with van der Waals surface area (Å²) in [7, 11) is -0.971. The molecule has 0 saturated heterocycles. The van der Waals surface area contributed by atoms with E-state index in [1.807, 2.05) is 0 Å². The maximum Gasteiger partial charge on any atom is 0.491 e. The molecule has 1 aliphatic heterocycles. The van der Waals surface area contributed by atoms with E-state index in [0.717, 1.165) is 5.56 Å². The highest BCUT2D eigenvalue weighted by Gasteiger charge is 2.28. The molecule has 0 saturated carbocycles. The molecular formula is C11H12BNO4. The number of rotatable bonds is 3. The van der Waals surface area contributed by atoms with Crippen molar-refractivity contribution in [1.82, 2.24) is 5.32 Å². The van der Waals surface area contributed by atoms with Gasteiger partial charge in [-0.2, -0.15) is 0 Å². The molecule has 2 N–H and O–H groups in total. The Kier molecular flexibility index (Phi) is 3.26. The van der Waals surface area contributed by atoms with E-state index in [4.69, 9.17) is 4.65 Å². The van der Waals surface area contributed by atoms with E-state index < -0.39 is 13.2 Å². The van der Waals surface area contributed by atoms with Crippen LogP contribution in [-0.4, -0.2) is 30.4 Å². The maximum absolute atomic E-state index is 11.7. The Morgan fingerprint density at radius 2 is 2.41 bits per heavy atom. The Morgan fingerprint density at radius 3 is 3.12 bits per heavy atom. The summed E-state index contributed by atoms with van der Waals surface area (Å²) in [5.74, 6) is -0.341. The van der Waals surface area contributed by atoms with Crippen molar-refractivity contribution in [3.8, 4) is 0 Å². The highest BCUT2D eigenvalue weighted by molar-refractivity contribution is 6.61. The minimum Gasteiger partial charge on any atom is -0.423 e. The molecule has 0 radical (unpaired) electrons. The lowest BCUT2D eigenvalue weighted by atomic mass is 9.79. The van der Waals surface area contributed by atoms with E-state index in [-0.39, 0.29) is 5.91 Å². The van der Waals surface area contributed by atoms with Gasteiger partial charge >= 0.3 is 7.12 Å². The number of nitrogens with one attached hydrogen (secondary N) is 1. The number of carbonyl (C=O) groups is 2. The van der Waals surface area contributed by atoms with Crippen LogP contribution in [0.15, 0.2) is 18.2 Å². The van der Waals surface area contributed by atoms with Crippen molar-refractivity contribution in [2.45, 2.75) is 19.6 Å².